The number of nitrogens with two attached hydrogens (primary N) is 2. The first-order chi connectivity index (χ1) is 10.7. The second kappa shape index (κ2) is 14.9. The average molecular weight is 355 g/mol. The SMILES string of the molecule is CCCCC(CC)COS(C)(=O)=O.NCCCCC(N)C(=O)O. The zero-order valence-corrected chi connectivity index (χ0v) is 15.5. The first-order valence-corrected chi connectivity index (χ1v) is 10.0. The van der Waals surface area contributed by atoms with Crippen LogP contribution in [0.2, 0.25) is 0 Å². The van der Waals surface area contributed by atoms with Crippen molar-refractivity contribution in [2.75, 3.05) is 19.4 Å². The fraction of sp³-hybridized carbons (Fsp3) is 0.933. The van der Waals surface area contributed by atoms with E-state index >= 15 is 0 Å². The molecule has 0 bridgehead atoms. The maximum absolute atomic E-state index is 10.7. The molecule has 2 unspecified atom stereocenters. The highest BCUT2D eigenvalue weighted by Gasteiger charge is 2.10. The predicted octanol–water partition coefficient (Wildman–Crippen LogP) is 1.71. The molecule has 0 aromatic heterocycles. The fourth-order valence-corrected chi connectivity index (χ4v) is 2.19. The van der Waals surface area contributed by atoms with Crippen molar-refractivity contribution in [3.8, 4) is 0 Å². The minimum Gasteiger partial charge on any atom is -0.480 e. The summed E-state index contributed by atoms with van der Waals surface area (Å²) in [5.41, 5.74) is 10.4. The van der Waals surface area contributed by atoms with Crippen molar-refractivity contribution in [2.45, 2.75) is 64.8 Å². The van der Waals surface area contributed by atoms with Crippen molar-refractivity contribution in [1.82, 2.24) is 0 Å². The Bertz CT molecular complexity index is 387. The molecule has 0 heterocycles. The molecular weight excluding hydrogens is 320 g/mol. The predicted molar refractivity (Wildman–Crippen MR) is 92.6 cm³/mol. The fourth-order valence-electron chi connectivity index (χ4n) is 1.75. The minimum atomic E-state index is -3.25. The second-order valence-electron chi connectivity index (χ2n) is 5.63. The molecule has 0 saturated heterocycles. The monoisotopic (exact) mass is 354 g/mol. The molecular formula is C15H34N2O5S. The van der Waals surface area contributed by atoms with Gasteiger partial charge in [-0.2, -0.15) is 8.42 Å². The van der Waals surface area contributed by atoms with Gasteiger partial charge in [-0.25, -0.2) is 0 Å². The van der Waals surface area contributed by atoms with E-state index in [4.69, 9.17) is 20.8 Å². The first kappa shape index (κ1) is 24.6. The highest BCUT2D eigenvalue weighted by Crippen LogP contribution is 2.13. The lowest BCUT2D eigenvalue weighted by Crippen LogP contribution is -2.29. The van der Waals surface area contributed by atoms with Gasteiger partial charge in [0, 0.05) is 0 Å². The highest BCUT2D eigenvalue weighted by atomic mass is 32.2. The van der Waals surface area contributed by atoms with E-state index in [-0.39, 0.29) is 0 Å². The number of carboxylic acids is 1. The summed E-state index contributed by atoms with van der Waals surface area (Å²) >= 11 is 0. The van der Waals surface area contributed by atoms with E-state index in [1.54, 1.807) is 0 Å². The summed E-state index contributed by atoms with van der Waals surface area (Å²) in [6.07, 6.45) is 7.59. The van der Waals surface area contributed by atoms with Crippen LogP contribution in [0.5, 0.6) is 0 Å². The van der Waals surface area contributed by atoms with E-state index in [1.807, 2.05) is 0 Å². The van der Waals surface area contributed by atoms with Crippen LogP contribution < -0.4 is 11.5 Å². The van der Waals surface area contributed by atoms with E-state index in [1.165, 1.54) is 0 Å². The van der Waals surface area contributed by atoms with E-state index in [0.29, 0.717) is 25.5 Å². The van der Waals surface area contributed by atoms with E-state index in [9.17, 15) is 13.2 Å². The van der Waals surface area contributed by atoms with Crippen LogP contribution in [-0.4, -0.2) is 44.9 Å². The number of rotatable bonds is 12. The number of hydrogen-bond donors (Lipinski definition) is 3. The lowest BCUT2D eigenvalue weighted by atomic mass is 10.0. The van der Waals surface area contributed by atoms with Crippen molar-refractivity contribution in [1.29, 1.82) is 0 Å². The maximum Gasteiger partial charge on any atom is 0.320 e. The number of unbranched alkanes of at least 4 members (excludes halogenated alkanes) is 2. The molecule has 0 aliphatic heterocycles. The van der Waals surface area contributed by atoms with E-state index in [0.717, 1.165) is 44.8 Å². The van der Waals surface area contributed by atoms with Gasteiger partial charge >= 0.3 is 5.97 Å². The van der Waals surface area contributed by atoms with Gasteiger partial charge in [-0.3, -0.25) is 8.98 Å². The van der Waals surface area contributed by atoms with Gasteiger partial charge in [0.25, 0.3) is 10.1 Å². The molecule has 0 aliphatic carbocycles. The summed E-state index contributed by atoms with van der Waals surface area (Å²) in [7, 11) is -3.25. The van der Waals surface area contributed by atoms with Gasteiger partial charge < -0.3 is 16.6 Å². The van der Waals surface area contributed by atoms with Crippen LogP contribution in [0.3, 0.4) is 0 Å². The molecule has 140 valence electrons. The summed E-state index contributed by atoms with van der Waals surface area (Å²) in [5, 5.41) is 8.33. The molecule has 7 nitrogen and oxygen atoms in total. The second-order valence-corrected chi connectivity index (χ2v) is 7.28. The highest BCUT2D eigenvalue weighted by molar-refractivity contribution is 7.85. The summed E-state index contributed by atoms with van der Waals surface area (Å²) in [6, 6.07) is -0.716. The third-order valence-corrected chi connectivity index (χ3v) is 3.91. The van der Waals surface area contributed by atoms with E-state index in [2.05, 4.69) is 13.8 Å². The van der Waals surface area contributed by atoms with Crippen LogP contribution >= 0.6 is 0 Å². The smallest absolute Gasteiger partial charge is 0.320 e. The van der Waals surface area contributed by atoms with Gasteiger partial charge in [0.05, 0.1) is 12.9 Å². The van der Waals surface area contributed by atoms with Gasteiger partial charge in [-0.15, -0.1) is 0 Å². The van der Waals surface area contributed by atoms with Gasteiger partial charge in [-0.1, -0.05) is 39.5 Å². The van der Waals surface area contributed by atoms with Crippen LogP contribution in [0.25, 0.3) is 0 Å². The molecule has 0 saturated carbocycles. The molecule has 0 spiro atoms. The normalized spacial score (nSPS) is 13.8. The molecule has 0 amide bonds. The Kier molecular flexibility index (Phi) is 15.9. The standard InChI is InChI=1S/C9H20O3S.C6H14N2O2/c1-4-6-7-9(5-2)8-12-13(3,10)11;7-4-2-1-3-5(8)6(9)10/h9H,4-8H2,1-3H3;5H,1-4,7-8H2,(H,9,10). The Morgan fingerprint density at radius 3 is 2.17 bits per heavy atom. The van der Waals surface area contributed by atoms with Crippen LogP contribution in [-0.2, 0) is 19.1 Å². The van der Waals surface area contributed by atoms with E-state index < -0.39 is 22.1 Å². The number of hydrogen-bond acceptors (Lipinski definition) is 6. The van der Waals surface area contributed by atoms with Gasteiger partial charge in [0.1, 0.15) is 6.04 Å². The van der Waals surface area contributed by atoms with Crippen molar-refractivity contribution in [2.24, 2.45) is 17.4 Å². The molecule has 8 heteroatoms. The molecule has 23 heavy (non-hydrogen) atoms. The maximum atomic E-state index is 10.7. The molecule has 0 radical (unpaired) electrons. The van der Waals surface area contributed by atoms with Crippen molar-refractivity contribution < 1.29 is 22.5 Å². The number of carbonyl (C=O) groups is 1. The molecule has 5 N–H and O–H groups in total. The topological polar surface area (TPSA) is 133 Å². The average Bonchev–Trinajstić information content (AvgIpc) is 2.47. The first-order valence-electron chi connectivity index (χ1n) is 8.20. The molecule has 2 atom stereocenters. The Morgan fingerprint density at radius 1 is 1.17 bits per heavy atom. The van der Waals surface area contributed by atoms with Crippen molar-refractivity contribution in [3.05, 3.63) is 0 Å². The molecule has 0 aromatic carbocycles. The zero-order valence-electron chi connectivity index (χ0n) is 14.7. The Balaban J connectivity index is 0. The Labute approximate surface area is 140 Å². The molecule has 0 rings (SSSR count). The van der Waals surface area contributed by atoms with Crippen LogP contribution in [0.1, 0.15) is 58.8 Å². The largest absolute Gasteiger partial charge is 0.480 e. The van der Waals surface area contributed by atoms with Crippen molar-refractivity contribution >= 4 is 16.1 Å². The zero-order chi connectivity index (χ0) is 18.3. The van der Waals surface area contributed by atoms with Crippen LogP contribution in [0.4, 0.5) is 0 Å². The quantitative estimate of drug-likeness (QED) is 0.359. The van der Waals surface area contributed by atoms with Gasteiger partial charge in [0.15, 0.2) is 0 Å². The van der Waals surface area contributed by atoms with Gasteiger partial charge in [0.2, 0.25) is 0 Å². The summed E-state index contributed by atoms with van der Waals surface area (Å²) in [6.45, 7) is 5.14. The summed E-state index contributed by atoms with van der Waals surface area (Å²) < 4.78 is 26.2. The lowest BCUT2D eigenvalue weighted by Gasteiger charge is -2.12. The molecule has 0 aromatic rings. The number of carboxylic acid groups (broad SMARTS) is 1. The molecule has 0 fully saturated rings. The van der Waals surface area contributed by atoms with Crippen molar-refractivity contribution in [3.63, 3.8) is 0 Å². The minimum absolute atomic E-state index is 0.343. The molecule has 0 aliphatic rings. The van der Waals surface area contributed by atoms with Crippen LogP contribution in [0.15, 0.2) is 0 Å². The number of aliphatic carboxylic acids is 1. The third-order valence-electron chi connectivity index (χ3n) is 3.35. The summed E-state index contributed by atoms with van der Waals surface area (Å²) in [4.78, 5) is 10.1. The van der Waals surface area contributed by atoms with Gasteiger partial charge in [-0.05, 0) is 31.7 Å². The van der Waals surface area contributed by atoms with Crippen LogP contribution in [0, 0.1) is 5.92 Å². The lowest BCUT2D eigenvalue weighted by molar-refractivity contribution is -0.138. The Hall–Kier alpha value is -0.700. The Morgan fingerprint density at radius 2 is 1.78 bits per heavy atom. The third kappa shape index (κ3) is 19.3. The summed E-state index contributed by atoms with van der Waals surface area (Å²) in [5.74, 6) is -0.549.